The van der Waals surface area contributed by atoms with Gasteiger partial charge >= 0.3 is 12.6 Å². The Labute approximate surface area is 126 Å². The molecule has 0 aromatic rings. The highest BCUT2D eigenvalue weighted by Gasteiger charge is 2.91. The maximum atomic E-state index is 12.5. The predicted molar refractivity (Wildman–Crippen MR) is 62.1 cm³/mol. The van der Waals surface area contributed by atoms with Gasteiger partial charge in [0, 0.05) is 0 Å². The third-order valence-electron chi connectivity index (χ3n) is 6.61. The molecule has 6 aliphatic carbocycles. The number of hydrogen-bond acceptors (Lipinski definition) is 4. The van der Waals surface area contributed by atoms with Crippen LogP contribution < -0.4 is 0 Å². The summed E-state index contributed by atoms with van der Waals surface area (Å²) in [5.41, 5.74) is -1.60. The standard InChI is InChI=1S/C13H12F6N4/c14-12(15,16)22-20-10-4-1-5(4)11(7-2-6(7)10,9-3-8(9)10)21-23-13(17,18)19/h4-9H,1-3H2. The van der Waals surface area contributed by atoms with E-state index < -0.39 is 23.7 Å². The first-order valence-electron chi connectivity index (χ1n) is 7.61. The molecule has 126 valence electrons. The summed E-state index contributed by atoms with van der Waals surface area (Å²) in [6, 6.07) is 0. The number of halogens is 6. The van der Waals surface area contributed by atoms with Gasteiger partial charge in [-0.15, -0.1) is 26.3 Å². The SMILES string of the molecule is FC(F)(F)N=NC12C3CC3C(N=NC(F)(F)F)(C3CC31)C1CC12. The average molecular weight is 338 g/mol. The molecule has 6 saturated carbocycles. The first-order chi connectivity index (χ1) is 10.6. The lowest BCUT2D eigenvalue weighted by molar-refractivity contribution is -0.133. The Balaban J connectivity index is 1.53. The van der Waals surface area contributed by atoms with Gasteiger partial charge in [0.15, 0.2) is 0 Å². The molecule has 0 heterocycles. The van der Waals surface area contributed by atoms with E-state index in [1.807, 2.05) is 0 Å². The van der Waals surface area contributed by atoms with Crippen LogP contribution in [0.5, 0.6) is 0 Å². The molecule has 0 aromatic carbocycles. The van der Waals surface area contributed by atoms with Gasteiger partial charge in [-0.2, -0.15) is 10.2 Å². The second kappa shape index (κ2) is 3.56. The van der Waals surface area contributed by atoms with E-state index in [2.05, 4.69) is 20.5 Å². The van der Waals surface area contributed by atoms with Crippen LogP contribution in [0.15, 0.2) is 20.5 Å². The van der Waals surface area contributed by atoms with E-state index in [4.69, 9.17) is 0 Å². The number of hydrogen-bond donors (Lipinski definition) is 0. The Bertz CT molecular complexity index is 537. The number of azo groups is 2. The van der Waals surface area contributed by atoms with E-state index in [0.717, 1.165) is 0 Å². The van der Waals surface area contributed by atoms with Gasteiger partial charge in [-0.3, -0.25) is 0 Å². The molecular formula is C13H12F6N4. The van der Waals surface area contributed by atoms with Gasteiger partial charge in [0.25, 0.3) is 0 Å². The minimum absolute atomic E-state index is 0.117. The molecule has 0 aromatic heterocycles. The lowest BCUT2D eigenvalue weighted by atomic mass is 9.62. The molecule has 6 aliphatic rings. The van der Waals surface area contributed by atoms with Crippen LogP contribution in [-0.4, -0.2) is 23.7 Å². The molecule has 0 spiro atoms. The van der Waals surface area contributed by atoms with Crippen LogP contribution in [0.25, 0.3) is 0 Å². The summed E-state index contributed by atoms with van der Waals surface area (Å²) in [4.78, 5) is 0. The van der Waals surface area contributed by atoms with E-state index in [9.17, 15) is 26.3 Å². The topological polar surface area (TPSA) is 49.4 Å². The molecule has 0 amide bonds. The number of rotatable bonds is 2. The molecule has 6 fully saturated rings. The lowest BCUT2D eigenvalue weighted by Gasteiger charge is -2.46. The number of nitrogens with zero attached hydrogens (tertiary/aromatic N) is 4. The molecule has 23 heavy (non-hydrogen) atoms. The molecule has 6 rings (SSSR count). The fraction of sp³-hybridized carbons (Fsp3) is 1.00. The zero-order chi connectivity index (χ0) is 16.4. The van der Waals surface area contributed by atoms with E-state index in [1.165, 1.54) is 0 Å². The second-order valence-electron chi connectivity index (χ2n) is 7.46. The fourth-order valence-electron chi connectivity index (χ4n) is 6.03. The van der Waals surface area contributed by atoms with Crippen LogP contribution in [0.3, 0.4) is 0 Å². The van der Waals surface area contributed by atoms with Crippen LogP contribution in [0.4, 0.5) is 26.3 Å². The third kappa shape index (κ3) is 1.64. The minimum atomic E-state index is -4.70. The highest BCUT2D eigenvalue weighted by molar-refractivity contribution is 5.42. The Kier molecular flexibility index (Phi) is 2.19. The number of alkyl halides is 6. The Morgan fingerprint density at radius 2 is 0.826 bits per heavy atom. The zero-order valence-corrected chi connectivity index (χ0v) is 11.6. The van der Waals surface area contributed by atoms with Crippen LogP contribution in [0.1, 0.15) is 19.3 Å². The second-order valence-corrected chi connectivity index (χ2v) is 7.46. The maximum Gasteiger partial charge on any atom is 0.520 e. The molecule has 0 radical (unpaired) electrons. The Hall–Kier alpha value is -1.22. The van der Waals surface area contributed by atoms with Crippen molar-refractivity contribution in [3.8, 4) is 0 Å². The average Bonchev–Trinajstić information content (AvgIpc) is 3.24. The smallest absolute Gasteiger partial charge is 0.178 e. The van der Waals surface area contributed by atoms with E-state index in [-0.39, 0.29) is 35.5 Å². The first-order valence-corrected chi connectivity index (χ1v) is 7.61. The van der Waals surface area contributed by atoms with Crippen molar-refractivity contribution >= 4 is 0 Å². The highest BCUT2D eigenvalue weighted by Crippen LogP contribution is 2.87. The Morgan fingerprint density at radius 3 is 1.04 bits per heavy atom. The Morgan fingerprint density at radius 1 is 0.565 bits per heavy atom. The van der Waals surface area contributed by atoms with Gasteiger partial charge in [-0.25, -0.2) is 0 Å². The molecule has 6 unspecified atom stereocenters. The summed E-state index contributed by atoms with van der Waals surface area (Å²) in [7, 11) is 0. The normalized spacial score (nSPS) is 55.7. The van der Waals surface area contributed by atoms with Crippen molar-refractivity contribution in [3.63, 3.8) is 0 Å². The summed E-state index contributed by atoms with van der Waals surface area (Å²) in [5.74, 6) is -0.704. The molecule has 6 atom stereocenters. The molecule has 0 aliphatic heterocycles. The van der Waals surface area contributed by atoms with Gasteiger partial charge in [0.1, 0.15) is 0 Å². The predicted octanol–water partition coefficient (Wildman–Crippen LogP) is 4.34. The molecule has 0 N–H and O–H groups in total. The van der Waals surface area contributed by atoms with Gasteiger partial charge < -0.3 is 0 Å². The largest absolute Gasteiger partial charge is 0.520 e. The molecule has 0 saturated heterocycles. The van der Waals surface area contributed by atoms with Crippen molar-refractivity contribution in [1.82, 2.24) is 0 Å². The van der Waals surface area contributed by atoms with Gasteiger partial charge in [-0.1, -0.05) is 10.2 Å². The van der Waals surface area contributed by atoms with Crippen molar-refractivity contribution in [1.29, 1.82) is 0 Å². The quantitative estimate of drug-likeness (QED) is 0.408. The first kappa shape index (κ1) is 14.2. The fourth-order valence-corrected chi connectivity index (χ4v) is 6.03. The lowest BCUT2D eigenvalue weighted by Crippen LogP contribution is -2.55. The third-order valence-corrected chi connectivity index (χ3v) is 6.61. The van der Waals surface area contributed by atoms with Crippen molar-refractivity contribution in [2.75, 3.05) is 0 Å². The summed E-state index contributed by atoms with van der Waals surface area (Å²) in [5, 5.41) is 12.7. The van der Waals surface area contributed by atoms with Gasteiger partial charge in [0.05, 0.1) is 11.1 Å². The van der Waals surface area contributed by atoms with Gasteiger partial charge in [-0.05, 0) is 54.8 Å². The molecular weight excluding hydrogens is 326 g/mol. The molecule has 4 nitrogen and oxygen atoms in total. The van der Waals surface area contributed by atoms with Gasteiger partial charge in [0.2, 0.25) is 0 Å². The van der Waals surface area contributed by atoms with Crippen molar-refractivity contribution < 1.29 is 26.3 Å². The van der Waals surface area contributed by atoms with Crippen LogP contribution in [0, 0.1) is 35.5 Å². The van der Waals surface area contributed by atoms with Crippen LogP contribution in [0.2, 0.25) is 0 Å². The van der Waals surface area contributed by atoms with E-state index in [0.29, 0.717) is 19.3 Å². The van der Waals surface area contributed by atoms with Crippen molar-refractivity contribution in [2.45, 2.75) is 42.9 Å². The molecule has 10 heteroatoms. The van der Waals surface area contributed by atoms with Crippen molar-refractivity contribution in [2.24, 2.45) is 56.0 Å². The maximum absolute atomic E-state index is 12.5. The summed E-state index contributed by atoms with van der Waals surface area (Å²) < 4.78 is 74.8. The van der Waals surface area contributed by atoms with E-state index in [1.54, 1.807) is 0 Å². The van der Waals surface area contributed by atoms with Crippen molar-refractivity contribution in [3.05, 3.63) is 0 Å². The highest BCUT2D eigenvalue weighted by atomic mass is 19.4. The summed E-state index contributed by atoms with van der Waals surface area (Å²) >= 11 is 0. The minimum Gasteiger partial charge on any atom is -0.178 e. The summed E-state index contributed by atoms with van der Waals surface area (Å²) in [6.45, 7) is 0. The monoisotopic (exact) mass is 338 g/mol. The molecule has 2 bridgehead atoms. The summed E-state index contributed by atoms with van der Waals surface area (Å²) in [6.07, 6.45) is -7.62. The van der Waals surface area contributed by atoms with Crippen LogP contribution in [-0.2, 0) is 0 Å². The van der Waals surface area contributed by atoms with E-state index >= 15 is 0 Å². The van der Waals surface area contributed by atoms with Crippen LogP contribution >= 0.6 is 0 Å². The zero-order valence-electron chi connectivity index (χ0n) is 11.6.